The van der Waals surface area contributed by atoms with Crippen molar-refractivity contribution in [3.05, 3.63) is 36.5 Å². The van der Waals surface area contributed by atoms with Gasteiger partial charge < -0.3 is 5.73 Å². The summed E-state index contributed by atoms with van der Waals surface area (Å²) in [5.74, 6) is 0.363. The van der Waals surface area contributed by atoms with Crippen LogP contribution in [0.15, 0.2) is 41.4 Å². The molecule has 1 aromatic heterocycles. The van der Waals surface area contributed by atoms with Gasteiger partial charge in [-0.3, -0.25) is 4.98 Å². The lowest BCUT2D eigenvalue weighted by Gasteiger charge is -2.32. The average Bonchev–Trinajstić information content (AvgIpc) is 2.55. The quantitative estimate of drug-likeness (QED) is 0.913. The Morgan fingerprint density at radius 2 is 2.09 bits per heavy atom. The fourth-order valence-electron chi connectivity index (χ4n) is 3.16. The van der Waals surface area contributed by atoms with Gasteiger partial charge in [-0.05, 0) is 56.0 Å². The number of hydrogen-bond acceptors (Lipinski definition) is 4. The molecule has 1 atom stereocenters. The Hall–Kier alpha value is -1.21. The Labute approximate surface area is 143 Å². The van der Waals surface area contributed by atoms with E-state index in [4.69, 9.17) is 5.73 Å². The summed E-state index contributed by atoms with van der Waals surface area (Å²) >= 11 is 0. The third kappa shape index (κ3) is 3.66. The van der Waals surface area contributed by atoms with E-state index in [1.165, 1.54) is 0 Å². The molecule has 7 heteroatoms. The van der Waals surface area contributed by atoms with E-state index < -0.39 is 10.0 Å². The van der Waals surface area contributed by atoms with E-state index in [0.29, 0.717) is 41.4 Å². The molecule has 126 valence electrons. The number of aromatic nitrogens is 1. The van der Waals surface area contributed by atoms with Crippen molar-refractivity contribution in [1.82, 2.24) is 9.29 Å². The molecule has 0 spiro atoms. The van der Waals surface area contributed by atoms with Crippen molar-refractivity contribution in [2.24, 2.45) is 11.7 Å². The van der Waals surface area contributed by atoms with Crippen LogP contribution in [0.4, 0.5) is 0 Å². The SMILES string of the molecule is Cl.NCCC1CCCN(S(=O)(=O)c2cccc3ncccc23)C1. The molecule has 0 amide bonds. The van der Waals surface area contributed by atoms with Crippen LogP contribution >= 0.6 is 12.4 Å². The largest absolute Gasteiger partial charge is 0.330 e. The number of benzene rings is 1. The van der Waals surface area contributed by atoms with E-state index in [2.05, 4.69) is 4.98 Å². The molecule has 5 nitrogen and oxygen atoms in total. The molecule has 3 rings (SSSR count). The molecule has 1 fully saturated rings. The van der Waals surface area contributed by atoms with E-state index >= 15 is 0 Å². The van der Waals surface area contributed by atoms with E-state index in [-0.39, 0.29) is 12.4 Å². The van der Waals surface area contributed by atoms with Crippen molar-refractivity contribution < 1.29 is 8.42 Å². The maximum absolute atomic E-state index is 13.0. The summed E-state index contributed by atoms with van der Waals surface area (Å²) in [6.07, 6.45) is 4.51. The van der Waals surface area contributed by atoms with Gasteiger partial charge in [0.2, 0.25) is 10.0 Å². The first-order chi connectivity index (χ1) is 10.6. The fraction of sp³-hybridized carbons (Fsp3) is 0.438. The maximum Gasteiger partial charge on any atom is 0.243 e. The number of sulfonamides is 1. The molecule has 2 heterocycles. The zero-order valence-corrected chi connectivity index (χ0v) is 14.5. The number of nitrogens with zero attached hydrogens (tertiary/aromatic N) is 2. The lowest BCUT2D eigenvalue weighted by molar-refractivity contribution is 0.258. The minimum absolute atomic E-state index is 0. The third-order valence-corrected chi connectivity index (χ3v) is 6.20. The molecule has 0 saturated carbocycles. The Morgan fingerprint density at radius 1 is 1.26 bits per heavy atom. The number of fused-ring (bicyclic) bond motifs is 1. The van der Waals surface area contributed by atoms with Crippen molar-refractivity contribution in [2.75, 3.05) is 19.6 Å². The van der Waals surface area contributed by atoms with Gasteiger partial charge in [0.05, 0.1) is 10.4 Å². The van der Waals surface area contributed by atoms with Gasteiger partial charge in [0, 0.05) is 24.7 Å². The van der Waals surface area contributed by atoms with Crippen molar-refractivity contribution >= 4 is 33.3 Å². The molecule has 0 radical (unpaired) electrons. The first kappa shape index (κ1) is 18.1. The first-order valence-electron chi connectivity index (χ1n) is 7.67. The van der Waals surface area contributed by atoms with Gasteiger partial charge in [0.25, 0.3) is 0 Å². The zero-order chi connectivity index (χ0) is 15.6. The second-order valence-corrected chi connectivity index (χ2v) is 7.68. The van der Waals surface area contributed by atoms with E-state index in [9.17, 15) is 8.42 Å². The highest BCUT2D eigenvalue weighted by Gasteiger charge is 2.30. The van der Waals surface area contributed by atoms with Crippen LogP contribution in [0.25, 0.3) is 10.9 Å². The summed E-state index contributed by atoms with van der Waals surface area (Å²) in [6.45, 7) is 1.76. The second kappa shape index (κ2) is 7.57. The normalized spacial score (nSPS) is 19.4. The fourth-order valence-corrected chi connectivity index (χ4v) is 4.91. The molecule has 0 aliphatic carbocycles. The Balaban J connectivity index is 0.00000192. The number of piperidine rings is 1. The van der Waals surface area contributed by atoms with Crippen molar-refractivity contribution in [3.8, 4) is 0 Å². The van der Waals surface area contributed by atoms with Crippen molar-refractivity contribution in [1.29, 1.82) is 0 Å². The van der Waals surface area contributed by atoms with Crippen LogP contribution in [0.3, 0.4) is 0 Å². The van der Waals surface area contributed by atoms with E-state index in [1.807, 2.05) is 12.1 Å². The highest BCUT2D eigenvalue weighted by molar-refractivity contribution is 7.89. The lowest BCUT2D eigenvalue weighted by atomic mass is 9.96. The van der Waals surface area contributed by atoms with Gasteiger partial charge in [-0.15, -0.1) is 12.4 Å². The third-order valence-electron chi connectivity index (χ3n) is 4.28. The number of rotatable bonds is 4. The van der Waals surface area contributed by atoms with Crippen LogP contribution in [0, 0.1) is 5.92 Å². The monoisotopic (exact) mass is 355 g/mol. The van der Waals surface area contributed by atoms with Gasteiger partial charge >= 0.3 is 0 Å². The van der Waals surface area contributed by atoms with Gasteiger partial charge in [-0.2, -0.15) is 4.31 Å². The zero-order valence-electron chi connectivity index (χ0n) is 12.9. The molecule has 1 aliphatic rings. The van der Waals surface area contributed by atoms with Crippen LogP contribution in [0.1, 0.15) is 19.3 Å². The van der Waals surface area contributed by atoms with Crippen LogP contribution in [-0.2, 0) is 10.0 Å². The predicted octanol–water partition coefficient (Wildman–Crippen LogP) is 2.41. The predicted molar refractivity (Wildman–Crippen MR) is 94.1 cm³/mol. The molecule has 0 bridgehead atoms. The summed E-state index contributed by atoms with van der Waals surface area (Å²) in [4.78, 5) is 4.60. The summed E-state index contributed by atoms with van der Waals surface area (Å²) < 4.78 is 27.6. The summed E-state index contributed by atoms with van der Waals surface area (Å²) in [5, 5.41) is 0.686. The molecular weight excluding hydrogens is 334 g/mol. The van der Waals surface area contributed by atoms with Crippen LogP contribution in [0.5, 0.6) is 0 Å². The Kier molecular flexibility index (Phi) is 5.97. The van der Waals surface area contributed by atoms with Crippen LogP contribution in [0.2, 0.25) is 0 Å². The highest BCUT2D eigenvalue weighted by Crippen LogP contribution is 2.28. The summed E-state index contributed by atoms with van der Waals surface area (Å²) in [6, 6.07) is 8.85. The second-order valence-electron chi connectivity index (χ2n) is 5.77. The van der Waals surface area contributed by atoms with Gasteiger partial charge in [-0.1, -0.05) is 6.07 Å². The van der Waals surface area contributed by atoms with Crippen LogP contribution in [-0.4, -0.2) is 37.3 Å². The molecule has 2 aromatic rings. The average molecular weight is 356 g/mol. The number of hydrogen-bond donors (Lipinski definition) is 1. The minimum atomic E-state index is -3.49. The van der Waals surface area contributed by atoms with E-state index in [1.54, 1.807) is 28.7 Å². The number of halogens is 1. The molecule has 1 aromatic carbocycles. The van der Waals surface area contributed by atoms with Gasteiger partial charge in [-0.25, -0.2) is 8.42 Å². The van der Waals surface area contributed by atoms with Gasteiger partial charge in [0.1, 0.15) is 0 Å². The lowest BCUT2D eigenvalue weighted by Crippen LogP contribution is -2.40. The van der Waals surface area contributed by atoms with Gasteiger partial charge in [0.15, 0.2) is 0 Å². The van der Waals surface area contributed by atoms with E-state index in [0.717, 1.165) is 19.3 Å². The molecular formula is C16H22ClN3O2S. The number of pyridine rings is 1. The molecule has 23 heavy (non-hydrogen) atoms. The molecule has 1 aliphatic heterocycles. The Bertz CT molecular complexity index is 760. The molecule has 2 N–H and O–H groups in total. The smallest absolute Gasteiger partial charge is 0.243 e. The van der Waals surface area contributed by atoms with Crippen LogP contribution < -0.4 is 5.73 Å². The Morgan fingerprint density at radius 3 is 2.87 bits per heavy atom. The number of nitrogens with two attached hydrogens (primary N) is 1. The maximum atomic E-state index is 13.0. The van der Waals surface area contributed by atoms with Crippen molar-refractivity contribution in [3.63, 3.8) is 0 Å². The van der Waals surface area contributed by atoms with Crippen molar-refractivity contribution in [2.45, 2.75) is 24.2 Å². The molecule has 1 saturated heterocycles. The summed E-state index contributed by atoms with van der Waals surface area (Å²) in [5.41, 5.74) is 6.33. The highest BCUT2D eigenvalue weighted by atomic mass is 35.5. The minimum Gasteiger partial charge on any atom is -0.330 e. The topological polar surface area (TPSA) is 76.3 Å². The standard InChI is InChI=1S/C16H21N3O2S.ClH/c17-9-8-13-4-3-11-19(12-13)22(20,21)16-7-1-6-15-14(16)5-2-10-18-15;/h1-2,5-7,10,13H,3-4,8-9,11-12,17H2;1H. The summed E-state index contributed by atoms with van der Waals surface area (Å²) in [7, 11) is -3.49. The molecule has 1 unspecified atom stereocenters. The first-order valence-corrected chi connectivity index (χ1v) is 9.11.